The topological polar surface area (TPSA) is 0 Å². The zero-order valence-corrected chi connectivity index (χ0v) is 12.5. The van der Waals surface area contributed by atoms with Gasteiger partial charge in [-0.1, -0.05) is 30.3 Å². The van der Waals surface area contributed by atoms with Crippen molar-refractivity contribution in [1.82, 2.24) is 0 Å². The van der Waals surface area contributed by atoms with Crippen molar-refractivity contribution in [1.29, 1.82) is 0 Å². The van der Waals surface area contributed by atoms with Crippen LogP contribution in [0.1, 0.15) is 5.56 Å². The van der Waals surface area contributed by atoms with Crippen molar-refractivity contribution in [3.63, 3.8) is 0 Å². The summed E-state index contributed by atoms with van der Waals surface area (Å²) < 4.78 is 13.4. The predicted octanol–water partition coefficient (Wildman–Crippen LogP) is 5.82. The molecule has 1 aliphatic rings. The highest BCUT2D eigenvalue weighted by molar-refractivity contribution is 8.36. The van der Waals surface area contributed by atoms with E-state index >= 15 is 0 Å². The highest BCUT2D eigenvalue weighted by Crippen LogP contribution is 2.65. The van der Waals surface area contributed by atoms with Crippen molar-refractivity contribution < 1.29 is 4.39 Å². The molecule has 0 N–H and O–H groups in total. The molecule has 0 saturated carbocycles. The maximum atomic E-state index is 13.4. The summed E-state index contributed by atoms with van der Waals surface area (Å²) >= 11 is 0. The molecule has 104 valence electrons. The van der Waals surface area contributed by atoms with E-state index in [1.807, 2.05) is 6.07 Å². The molecule has 0 fully saturated rings. The van der Waals surface area contributed by atoms with Crippen molar-refractivity contribution >= 4 is 26.9 Å². The van der Waals surface area contributed by atoms with Gasteiger partial charge in [0, 0.05) is 4.90 Å². The average molecular weight is 294 g/mol. The van der Waals surface area contributed by atoms with Gasteiger partial charge in [0.1, 0.15) is 5.82 Å². The fourth-order valence-corrected chi connectivity index (χ4v) is 5.62. The van der Waals surface area contributed by atoms with E-state index in [9.17, 15) is 4.39 Å². The molecule has 2 heteroatoms. The van der Waals surface area contributed by atoms with Crippen molar-refractivity contribution in [2.45, 2.75) is 9.79 Å². The smallest absolute Gasteiger partial charge is 0.123 e. The summed E-state index contributed by atoms with van der Waals surface area (Å²) in [5.41, 5.74) is 1.01. The minimum Gasteiger partial charge on any atom is -0.207 e. The van der Waals surface area contributed by atoms with Gasteiger partial charge in [0.2, 0.25) is 0 Å². The second-order valence-electron chi connectivity index (χ2n) is 5.48. The standard InChI is InChI=1S/C19H15FS/c1-21(11-10-16-12-17(20)7-9-19(16)21)18-8-6-14-4-2-3-5-15(14)13-18/h2-13H,1H3. The van der Waals surface area contributed by atoms with E-state index < -0.39 is 10.0 Å². The largest absolute Gasteiger partial charge is 0.207 e. The van der Waals surface area contributed by atoms with Gasteiger partial charge in [0.05, 0.1) is 0 Å². The maximum Gasteiger partial charge on any atom is 0.123 e. The van der Waals surface area contributed by atoms with Crippen LogP contribution in [-0.4, -0.2) is 6.26 Å². The van der Waals surface area contributed by atoms with Crippen molar-refractivity contribution in [3.05, 3.63) is 77.5 Å². The lowest BCUT2D eigenvalue weighted by Gasteiger charge is -2.31. The number of rotatable bonds is 1. The normalized spacial score (nSPS) is 19.9. The second kappa shape index (κ2) is 4.47. The summed E-state index contributed by atoms with van der Waals surface area (Å²) in [6.07, 6.45) is 4.33. The van der Waals surface area contributed by atoms with Crippen LogP contribution in [0.4, 0.5) is 4.39 Å². The van der Waals surface area contributed by atoms with E-state index in [1.54, 1.807) is 12.1 Å². The monoisotopic (exact) mass is 294 g/mol. The number of hydrogen-bond acceptors (Lipinski definition) is 0. The van der Waals surface area contributed by atoms with Gasteiger partial charge in [-0.25, -0.2) is 4.39 Å². The molecule has 1 heterocycles. The molecule has 0 unspecified atom stereocenters. The summed E-state index contributed by atoms with van der Waals surface area (Å²) in [6, 6.07) is 20.2. The van der Waals surface area contributed by atoms with E-state index in [0.717, 1.165) is 5.56 Å². The van der Waals surface area contributed by atoms with Crippen LogP contribution in [0.2, 0.25) is 0 Å². The van der Waals surface area contributed by atoms with Gasteiger partial charge in [-0.15, -0.1) is 0 Å². The Labute approximate surface area is 125 Å². The van der Waals surface area contributed by atoms with Crippen LogP contribution in [0, 0.1) is 5.82 Å². The summed E-state index contributed by atoms with van der Waals surface area (Å²) in [7, 11) is -1.20. The first-order chi connectivity index (χ1) is 10.2. The van der Waals surface area contributed by atoms with Gasteiger partial charge in [-0.2, -0.15) is 10.0 Å². The molecule has 0 aliphatic carbocycles. The first-order valence-electron chi connectivity index (χ1n) is 6.92. The first-order valence-corrected chi connectivity index (χ1v) is 9.02. The fraction of sp³-hybridized carbons (Fsp3) is 0.0526. The van der Waals surface area contributed by atoms with E-state index in [4.69, 9.17) is 0 Å². The minimum atomic E-state index is -1.20. The Morgan fingerprint density at radius 2 is 1.67 bits per heavy atom. The molecular formula is C19H15FS. The highest BCUT2D eigenvalue weighted by Gasteiger charge is 2.27. The molecule has 3 aromatic carbocycles. The first kappa shape index (κ1) is 12.7. The fourth-order valence-electron chi connectivity index (χ4n) is 2.96. The molecule has 0 spiro atoms. The second-order valence-corrected chi connectivity index (χ2v) is 8.62. The Balaban J connectivity index is 1.91. The Morgan fingerprint density at radius 3 is 2.52 bits per heavy atom. The molecule has 21 heavy (non-hydrogen) atoms. The van der Waals surface area contributed by atoms with E-state index in [-0.39, 0.29) is 5.82 Å². The number of fused-ring (bicyclic) bond motifs is 2. The Morgan fingerprint density at radius 1 is 0.857 bits per heavy atom. The zero-order valence-electron chi connectivity index (χ0n) is 11.7. The molecule has 1 aliphatic heterocycles. The summed E-state index contributed by atoms with van der Waals surface area (Å²) in [4.78, 5) is 2.57. The summed E-state index contributed by atoms with van der Waals surface area (Å²) in [5, 5.41) is 4.76. The number of hydrogen-bond donors (Lipinski definition) is 0. The lowest BCUT2D eigenvalue weighted by molar-refractivity contribution is 0.626. The maximum absolute atomic E-state index is 13.4. The van der Waals surface area contributed by atoms with Crippen molar-refractivity contribution in [2.75, 3.05) is 6.26 Å². The molecule has 0 aromatic heterocycles. The lowest BCUT2D eigenvalue weighted by Crippen LogP contribution is -1.95. The molecule has 0 nitrogen and oxygen atoms in total. The van der Waals surface area contributed by atoms with Crippen molar-refractivity contribution in [3.8, 4) is 0 Å². The van der Waals surface area contributed by atoms with Gasteiger partial charge in [0.25, 0.3) is 0 Å². The van der Waals surface area contributed by atoms with Crippen LogP contribution in [0.25, 0.3) is 16.8 Å². The molecular weight excluding hydrogens is 279 g/mol. The third-order valence-electron chi connectivity index (χ3n) is 4.16. The van der Waals surface area contributed by atoms with Gasteiger partial charge in [0.15, 0.2) is 0 Å². The zero-order chi connectivity index (χ0) is 14.4. The molecule has 0 radical (unpaired) electrons. The van der Waals surface area contributed by atoms with Crippen LogP contribution in [0.15, 0.2) is 75.9 Å². The quantitative estimate of drug-likeness (QED) is 0.531. The average Bonchev–Trinajstić information content (AvgIpc) is 2.84. The van der Waals surface area contributed by atoms with Crippen LogP contribution < -0.4 is 0 Å². The Hall–Kier alpha value is -2.06. The van der Waals surface area contributed by atoms with E-state index in [1.165, 1.54) is 20.6 Å². The third-order valence-corrected chi connectivity index (χ3v) is 7.36. The number of halogens is 1. The summed E-state index contributed by atoms with van der Waals surface area (Å²) in [5.74, 6) is -0.166. The Kier molecular flexibility index (Phi) is 2.69. The molecule has 3 aromatic rings. The van der Waals surface area contributed by atoms with E-state index in [0.29, 0.717) is 0 Å². The summed E-state index contributed by atoms with van der Waals surface area (Å²) in [6.45, 7) is 0. The molecule has 1 atom stereocenters. The van der Waals surface area contributed by atoms with E-state index in [2.05, 4.69) is 60.2 Å². The SMILES string of the molecule is C[S@]1(c2ccc3ccccc3c2)C=Cc2cc(F)ccc21. The Bertz CT molecular complexity index is 882. The van der Waals surface area contributed by atoms with Gasteiger partial charge in [-0.3, -0.25) is 0 Å². The van der Waals surface area contributed by atoms with Crippen molar-refractivity contribution in [2.24, 2.45) is 0 Å². The minimum absolute atomic E-state index is 0.166. The molecule has 0 saturated heterocycles. The molecule has 0 bridgehead atoms. The third kappa shape index (κ3) is 1.90. The predicted molar refractivity (Wildman–Crippen MR) is 89.4 cm³/mol. The van der Waals surface area contributed by atoms with Gasteiger partial charge >= 0.3 is 0 Å². The lowest BCUT2D eigenvalue weighted by atomic mass is 10.1. The molecule has 4 rings (SSSR count). The number of benzene rings is 3. The van der Waals surface area contributed by atoms with Crippen LogP contribution >= 0.6 is 10.0 Å². The van der Waals surface area contributed by atoms with Crippen LogP contribution in [0.5, 0.6) is 0 Å². The van der Waals surface area contributed by atoms with Crippen LogP contribution in [0.3, 0.4) is 0 Å². The van der Waals surface area contributed by atoms with Crippen LogP contribution in [-0.2, 0) is 0 Å². The van der Waals surface area contributed by atoms with Gasteiger partial charge < -0.3 is 0 Å². The van der Waals surface area contributed by atoms with Gasteiger partial charge in [-0.05, 0) is 69.3 Å². The molecule has 0 amide bonds. The highest BCUT2D eigenvalue weighted by atomic mass is 32.3.